The molecule has 0 N–H and O–H groups in total. The molecule has 94 valence electrons. The molecule has 0 bridgehead atoms. The highest BCUT2D eigenvalue weighted by atomic mass is 79.9. The van der Waals surface area contributed by atoms with Crippen molar-refractivity contribution in [2.75, 3.05) is 11.9 Å². The van der Waals surface area contributed by atoms with Gasteiger partial charge in [0, 0.05) is 24.3 Å². The molecule has 1 atom stereocenters. The van der Waals surface area contributed by atoms with E-state index < -0.39 is 0 Å². The van der Waals surface area contributed by atoms with E-state index >= 15 is 0 Å². The van der Waals surface area contributed by atoms with Gasteiger partial charge in [0.2, 0.25) is 5.91 Å². The van der Waals surface area contributed by atoms with E-state index in [1.54, 1.807) is 0 Å². The lowest BCUT2D eigenvalue weighted by Gasteiger charge is -2.34. The van der Waals surface area contributed by atoms with Crippen LogP contribution in [0.2, 0.25) is 0 Å². The molecule has 1 rings (SSSR count). The fourth-order valence-electron chi connectivity index (χ4n) is 2.34. The van der Waals surface area contributed by atoms with Crippen molar-refractivity contribution in [3.8, 4) is 0 Å². The number of alkyl halides is 1. The second-order valence-corrected chi connectivity index (χ2v) is 5.35. The fourth-order valence-corrected chi connectivity index (χ4v) is 3.01. The first-order valence-corrected chi connectivity index (χ1v) is 7.77. The summed E-state index contributed by atoms with van der Waals surface area (Å²) in [5, 5.41) is 0.938. The van der Waals surface area contributed by atoms with Crippen molar-refractivity contribution in [1.29, 1.82) is 0 Å². The zero-order chi connectivity index (χ0) is 11.8. The summed E-state index contributed by atoms with van der Waals surface area (Å²) in [6.45, 7) is 3.18. The average molecular weight is 290 g/mol. The second-order valence-electron chi connectivity index (χ2n) is 4.70. The molecule has 1 amide bonds. The number of rotatable bonds is 6. The molecule has 0 aromatic carbocycles. The smallest absolute Gasteiger partial charge is 0.222 e. The van der Waals surface area contributed by atoms with Crippen LogP contribution in [0, 0.1) is 0 Å². The van der Waals surface area contributed by atoms with E-state index in [1.807, 2.05) is 0 Å². The third kappa shape index (κ3) is 4.44. The number of hydrogen-bond donors (Lipinski definition) is 0. The fraction of sp³-hybridized carbons (Fsp3) is 0.923. The molecular weight excluding hydrogens is 266 g/mol. The summed E-state index contributed by atoms with van der Waals surface area (Å²) in [6, 6.07) is 0.451. The first-order valence-electron chi connectivity index (χ1n) is 6.65. The molecule has 0 aromatic heterocycles. The summed E-state index contributed by atoms with van der Waals surface area (Å²) in [5.41, 5.74) is 0. The standard InChI is InChI=1S/C13H24BrNO/c1-2-3-4-5-9-13(16)15-10-7-6-8-12(15)11-14/h12H,2-11H2,1H3. The second kappa shape index (κ2) is 8.10. The minimum absolute atomic E-state index is 0.375. The number of halogens is 1. The molecule has 0 aliphatic carbocycles. The largest absolute Gasteiger partial charge is 0.339 e. The predicted molar refractivity (Wildman–Crippen MR) is 71.9 cm³/mol. The topological polar surface area (TPSA) is 20.3 Å². The first kappa shape index (κ1) is 14.0. The zero-order valence-corrected chi connectivity index (χ0v) is 12.0. The predicted octanol–water partition coefficient (Wildman–Crippen LogP) is 3.73. The van der Waals surface area contributed by atoms with Crippen LogP contribution in [0.15, 0.2) is 0 Å². The molecule has 0 saturated carbocycles. The number of likely N-dealkylation sites (tertiary alicyclic amines) is 1. The number of unbranched alkanes of at least 4 members (excludes halogenated alkanes) is 3. The van der Waals surface area contributed by atoms with Gasteiger partial charge in [0.25, 0.3) is 0 Å². The summed E-state index contributed by atoms with van der Waals surface area (Å²) in [7, 11) is 0. The first-order chi connectivity index (χ1) is 7.79. The molecule has 2 nitrogen and oxygen atoms in total. The Morgan fingerprint density at radius 3 is 2.81 bits per heavy atom. The van der Waals surface area contributed by atoms with Crippen LogP contribution in [0.4, 0.5) is 0 Å². The third-order valence-corrected chi connectivity index (χ3v) is 4.12. The SMILES string of the molecule is CCCCCCC(=O)N1CCCCC1CBr. The highest BCUT2D eigenvalue weighted by molar-refractivity contribution is 9.09. The summed E-state index contributed by atoms with van der Waals surface area (Å²) in [6.07, 6.45) is 9.15. The van der Waals surface area contributed by atoms with E-state index in [-0.39, 0.29) is 0 Å². The normalized spacial score (nSPS) is 21.1. The summed E-state index contributed by atoms with van der Waals surface area (Å²) in [5.74, 6) is 0.375. The quantitative estimate of drug-likeness (QED) is 0.539. The lowest BCUT2D eigenvalue weighted by atomic mass is 10.0. The van der Waals surface area contributed by atoms with E-state index in [0.717, 1.165) is 24.7 Å². The minimum atomic E-state index is 0.375. The third-order valence-electron chi connectivity index (χ3n) is 3.37. The molecule has 1 fully saturated rings. The van der Waals surface area contributed by atoms with Crippen LogP contribution < -0.4 is 0 Å². The van der Waals surface area contributed by atoms with Crippen LogP contribution >= 0.6 is 15.9 Å². The monoisotopic (exact) mass is 289 g/mol. The molecule has 1 unspecified atom stereocenters. The molecule has 1 aliphatic heterocycles. The summed E-state index contributed by atoms with van der Waals surface area (Å²) < 4.78 is 0. The van der Waals surface area contributed by atoms with Crippen molar-refractivity contribution in [1.82, 2.24) is 4.90 Å². The van der Waals surface area contributed by atoms with Crippen LogP contribution in [0.1, 0.15) is 58.3 Å². The van der Waals surface area contributed by atoms with Gasteiger partial charge in [-0.3, -0.25) is 4.79 Å². The minimum Gasteiger partial charge on any atom is -0.339 e. The number of carbonyl (C=O) groups excluding carboxylic acids is 1. The van der Waals surface area contributed by atoms with Crippen LogP contribution in [0.5, 0.6) is 0 Å². The highest BCUT2D eigenvalue weighted by Crippen LogP contribution is 2.20. The molecule has 0 aromatic rings. The van der Waals surface area contributed by atoms with Crippen LogP contribution in [0.25, 0.3) is 0 Å². The summed E-state index contributed by atoms with van der Waals surface area (Å²) in [4.78, 5) is 14.1. The maximum Gasteiger partial charge on any atom is 0.222 e. The maximum absolute atomic E-state index is 12.0. The Hall–Kier alpha value is -0.0500. The van der Waals surface area contributed by atoms with Gasteiger partial charge >= 0.3 is 0 Å². The molecule has 3 heteroatoms. The van der Waals surface area contributed by atoms with Crippen molar-refractivity contribution >= 4 is 21.8 Å². The Balaban J connectivity index is 2.27. The van der Waals surface area contributed by atoms with Gasteiger partial charge < -0.3 is 4.90 Å². The lowest BCUT2D eigenvalue weighted by molar-refractivity contribution is -0.134. The van der Waals surface area contributed by atoms with Crippen molar-refractivity contribution in [3.05, 3.63) is 0 Å². The van der Waals surface area contributed by atoms with Crippen LogP contribution in [0.3, 0.4) is 0 Å². The van der Waals surface area contributed by atoms with Crippen molar-refractivity contribution in [3.63, 3.8) is 0 Å². The number of amides is 1. The van der Waals surface area contributed by atoms with Gasteiger partial charge in [0.05, 0.1) is 0 Å². The van der Waals surface area contributed by atoms with E-state index in [2.05, 4.69) is 27.8 Å². The van der Waals surface area contributed by atoms with E-state index in [9.17, 15) is 4.79 Å². The number of piperidine rings is 1. The number of nitrogens with zero attached hydrogens (tertiary/aromatic N) is 1. The Bertz CT molecular complexity index is 208. The van der Waals surface area contributed by atoms with Gasteiger partial charge in [-0.05, 0) is 25.7 Å². The van der Waals surface area contributed by atoms with Crippen molar-refractivity contribution < 1.29 is 4.79 Å². The highest BCUT2D eigenvalue weighted by Gasteiger charge is 2.24. The molecule has 16 heavy (non-hydrogen) atoms. The van der Waals surface area contributed by atoms with Crippen molar-refractivity contribution in [2.24, 2.45) is 0 Å². The molecule has 1 heterocycles. The summed E-state index contributed by atoms with van der Waals surface area (Å²) >= 11 is 3.52. The molecule has 1 aliphatic rings. The van der Waals surface area contributed by atoms with E-state index in [4.69, 9.17) is 0 Å². The van der Waals surface area contributed by atoms with Gasteiger partial charge in [0.15, 0.2) is 0 Å². The van der Waals surface area contributed by atoms with Crippen molar-refractivity contribution in [2.45, 2.75) is 64.3 Å². The van der Waals surface area contributed by atoms with Gasteiger partial charge in [-0.1, -0.05) is 42.1 Å². The van der Waals surface area contributed by atoms with Gasteiger partial charge in [0.1, 0.15) is 0 Å². The van der Waals surface area contributed by atoms with E-state index in [0.29, 0.717) is 11.9 Å². The molecular formula is C13H24BrNO. The molecule has 0 radical (unpaired) electrons. The Kier molecular flexibility index (Phi) is 7.10. The van der Waals surface area contributed by atoms with Gasteiger partial charge in [-0.15, -0.1) is 0 Å². The number of hydrogen-bond acceptors (Lipinski definition) is 1. The van der Waals surface area contributed by atoms with Gasteiger partial charge in [-0.2, -0.15) is 0 Å². The van der Waals surface area contributed by atoms with E-state index in [1.165, 1.54) is 38.5 Å². The van der Waals surface area contributed by atoms with Crippen LogP contribution in [-0.2, 0) is 4.79 Å². The Morgan fingerprint density at radius 2 is 2.12 bits per heavy atom. The van der Waals surface area contributed by atoms with Crippen LogP contribution in [-0.4, -0.2) is 28.7 Å². The molecule has 1 saturated heterocycles. The average Bonchev–Trinajstić information content (AvgIpc) is 2.34. The lowest BCUT2D eigenvalue weighted by Crippen LogP contribution is -2.44. The maximum atomic E-state index is 12.0. The number of carbonyl (C=O) groups is 1. The Labute approximate surface area is 108 Å². The Morgan fingerprint density at radius 1 is 1.31 bits per heavy atom. The zero-order valence-electron chi connectivity index (χ0n) is 10.4. The van der Waals surface area contributed by atoms with Gasteiger partial charge in [-0.25, -0.2) is 0 Å². The molecule has 0 spiro atoms.